The third-order valence-corrected chi connectivity index (χ3v) is 8.19. The van der Waals surface area contributed by atoms with Gasteiger partial charge in [-0.3, -0.25) is 20.0 Å². The van der Waals surface area contributed by atoms with Gasteiger partial charge in [-0.25, -0.2) is 4.98 Å². The molecule has 4 aromatic rings. The third-order valence-electron chi connectivity index (χ3n) is 7.91. The zero-order valence-electron chi connectivity index (χ0n) is 30.5. The second kappa shape index (κ2) is 17.5. The van der Waals surface area contributed by atoms with Crippen LogP contribution in [0.4, 0.5) is 0 Å². The van der Waals surface area contributed by atoms with E-state index in [1.807, 2.05) is 49.4 Å². The van der Waals surface area contributed by atoms with Gasteiger partial charge in [0.05, 0.1) is 42.0 Å². The Labute approximate surface area is 308 Å². The highest BCUT2D eigenvalue weighted by Gasteiger charge is 2.30. The first-order valence-electron chi connectivity index (χ1n) is 16.0. The van der Waals surface area contributed by atoms with Crippen molar-refractivity contribution in [1.29, 1.82) is 5.41 Å². The van der Waals surface area contributed by atoms with Crippen LogP contribution in [0, 0.1) is 30.1 Å². The molecule has 0 unspecified atom stereocenters. The molecule has 0 saturated carbocycles. The topological polar surface area (TPSA) is 205 Å². The number of esters is 2. The van der Waals surface area contributed by atoms with Crippen molar-refractivity contribution in [3.05, 3.63) is 94.3 Å². The first-order valence-corrected chi connectivity index (χ1v) is 16.4. The minimum Gasteiger partial charge on any atom is -0.492 e. The summed E-state index contributed by atoms with van der Waals surface area (Å²) in [4.78, 5) is 32.0. The molecule has 6 N–H and O–H groups in total. The summed E-state index contributed by atoms with van der Waals surface area (Å²) in [6, 6.07) is 18.4. The lowest BCUT2D eigenvalue weighted by Gasteiger charge is -2.21. The quantitative estimate of drug-likeness (QED) is 0.0317. The number of carbonyl (C=O) groups excluding carboxylic acids is 2. The fourth-order valence-corrected chi connectivity index (χ4v) is 5.11. The van der Waals surface area contributed by atoms with Crippen LogP contribution in [0.15, 0.2) is 72.0 Å². The molecule has 0 spiro atoms. The number of ether oxygens (including phenoxy) is 4. The number of hydrogen-bond acceptors (Lipinski definition) is 11. The highest BCUT2D eigenvalue weighted by molar-refractivity contribution is 6.33. The molecule has 0 aliphatic heterocycles. The van der Waals surface area contributed by atoms with Crippen LogP contribution in [-0.4, -0.2) is 66.2 Å². The lowest BCUT2D eigenvalue weighted by molar-refractivity contribution is -0.153. The van der Waals surface area contributed by atoms with E-state index >= 15 is 0 Å². The number of nitrogens with zero attached hydrogens (tertiary/aromatic N) is 3. The van der Waals surface area contributed by atoms with E-state index in [0.717, 1.165) is 27.9 Å². The highest BCUT2D eigenvalue weighted by atomic mass is 35.5. The smallest absolute Gasteiger partial charge is 0.314 e. The van der Waals surface area contributed by atoms with Gasteiger partial charge in [0.2, 0.25) is 0 Å². The Bertz CT molecular complexity index is 1900. The summed E-state index contributed by atoms with van der Waals surface area (Å²) in [7, 11) is 2.72. The normalized spacial score (nSPS) is 11.5. The fourth-order valence-electron chi connectivity index (χ4n) is 4.78. The van der Waals surface area contributed by atoms with Gasteiger partial charge in [0.1, 0.15) is 35.7 Å². The van der Waals surface area contributed by atoms with Crippen LogP contribution in [0.5, 0.6) is 11.5 Å². The summed E-state index contributed by atoms with van der Waals surface area (Å²) in [5.74, 6) is 0.556. The van der Waals surface area contributed by atoms with Gasteiger partial charge in [-0.05, 0) is 113 Å². The Morgan fingerprint density at radius 3 is 1.63 bits per heavy atom. The number of halogens is 1. The van der Waals surface area contributed by atoms with Crippen LogP contribution in [0.2, 0.25) is 5.15 Å². The number of nitrogen functional groups attached to an aromatic ring is 1. The molecule has 4 rings (SSSR count). The van der Waals surface area contributed by atoms with Crippen molar-refractivity contribution >= 4 is 35.2 Å². The molecule has 0 fully saturated rings. The Morgan fingerprint density at radius 2 is 1.25 bits per heavy atom. The van der Waals surface area contributed by atoms with Crippen LogP contribution >= 0.6 is 11.6 Å². The van der Waals surface area contributed by atoms with Crippen molar-refractivity contribution in [3.63, 3.8) is 0 Å². The molecule has 276 valence electrons. The van der Waals surface area contributed by atoms with Gasteiger partial charge in [-0.15, -0.1) is 0 Å². The fraction of sp³-hybridized carbons (Fsp3) is 0.316. The van der Waals surface area contributed by atoms with Crippen LogP contribution in [0.3, 0.4) is 0 Å². The molecule has 0 aliphatic carbocycles. The van der Waals surface area contributed by atoms with E-state index in [9.17, 15) is 9.59 Å². The summed E-state index contributed by atoms with van der Waals surface area (Å²) < 4.78 is 20.9. The molecular formula is C38H45ClN6O7. The van der Waals surface area contributed by atoms with Crippen molar-refractivity contribution in [2.24, 2.45) is 27.5 Å². The Morgan fingerprint density at radius 1 is 0.808 bits per heavy atom. The molecule has 0 aliphatic rings. The maximum Gasteiger partial charge on any atom is 0.314 e. The van der Waals surface area contributed by atoms with Crippen LogP contribution in [0.25, 0.3) is 22.5 Å². The number of rotatable bonds is 12. The Balaban J connectivity index is 0.000000281. The van der Waals surface area contributed by atoms with Crippen LogP contribution < -0.4 is 20.9 Å². The SMILES string of the molecule is COC(=O)C(C)(C)COc1ccc(-c2cc(C)c(C(=N)N)cn2)cc1.COC(=O)C(C)(C)COc1ccc(-c2cc(C)c(C(N)=NO)c(Cl)n2)cc1. The maximum atomic E-state index is 11.7. The average Bonchev–Trinajstić information content (AvgIpc) is 3.12. The van der Waals surface area contributed by atoms with E-state index < -0.39 is 10.8 Å². The molecule has 0 bridgehead atoms. The van der Waals surface area contributed by atoms with Crippen molar-refractivity contribution in [1.82, 2.24) is 9.97 Å². The van der Waals surface area contributed by atoms with E-state index in [4.69, 9.17) is 52.6 Å². The molecule has 2 aromatic carbocycles. The number of aromatic nitrogens is 2. The van der Waals surface area contributed by atoms with Gasteiger partial charge in [0.15, 0.2) is 5.84 Å². The Kier molecular flexibility index (Phi) is 13.7. The van der Waals surface area contributed by atoms with Gasteiger partial charge in [0.25, 0.3) is 0 Å². The standard InChI is InChI=1S/C19H22ClN3O4.C19H23N3O3/c1-11-9-14(22-16(20)15(11)17(21)23-25)12-5-7-13(8-6-12)27-10-19(2,3)18(24)26-4;1-12-9-16(22-10-15(12)17(20)21)13-5-7-14(8-6-13)25-11-19(2,3)18(23)24-4/h5-9,25H,10H2,1-4H3,(H2,21,23);5-10H,11H2,1-4H3,(H3,20,21). The summed E-state index contributed by atoms with van der Waals surface area (Å²) in [5, 5.41) is 19.5. The number of carbonyl (C=O) groups is 2. The molecule has 0 saturated heterocycles. The number of benzene rings is 2. The number of pyridine rings is 2. The van der Waals surface area contributed by atoms with Gasteiger partial charge in [0, 0.05) is 22.9 Å². The van der Waals surface area contributed by atoms with E-state index in [1.165, 1.54) is 14.2 Å². The average molecular weight is 733 g/mol. The molecule has 0 amide bonds. The van der Waals surface area contributed by atoms with Gasteiger partial charge in [-0.2, -0.15) is 0 Å². The van der Waals surface area contributed by atoms with Gasteiger partial charge < -0.3 is 35.6 Å². The number of oxime groups is 1. The second-order valence-electron chi connectivity index (χ2n) is 13.2. The van der Waals surface area contributed by atoms with Crippen molar-refractivity contribution in [2.45, 2.75) is 41.5 Å². The molecular weight excluding hydrogens is 688 g/mol. The summed E-state index contributed by atoms with van der Waals surface area (Å²) >= 11 is 6.18. The number of nitrogens with one attached hydrogen (secondary N) is 1. The molecule has 13 nitrogen and oxygen atoms in total. The van der Waals surface area contributed by atoms with Crippen LogP contribution in [0.1, 0.15) is 49.9 Å². The van der Waals surface area contributed by atoms with Crippen molar-refractivity contribution in [3.8, 4) is 34.0 Å². The summed E-state index contributed by atoms with van der Waals surface area (Å²) in [6.07, 6.45) is 1.61. The lowest BCUT2D eigenvalue weighted by atomic mass is 9.95. The lowest BCUT2D eigenvalue weighted by Crippen LogP contribution is -2.32. The minimum atomic E-state index is -0.746. The van der Waals surface area contributed by atoms with E-state index in [1.54, 1.807) is 59.0 Å². The largest absolute Gasteiger partial charge is 0.492 e. The molecule has 0 radical (unpaired) electrons. The zero-order chi connectivity index (χ0) is 38.8. The summed E-state index contributed by atoms with van der Waals surface area (Å²) in [5.41, 5.74) is 15.5. The van der Waals surface area contributed by atoms with Crippen LogP contribution in [-0.2, 0) is 19.1 Å². The Hall–Kier alpha value is -5.69. The van der Waals surface area contributed by atoms with Crippen molar-refractivity contribution < 1.29 is 33.7 Å². The summed E-state index contributed by atoms with van der Waals surface area (Å²) in [6.45, 7) is 11.2. The molecule has 14 heteroatoms. The predicted octanol–water partition coefficient (Wildman–Crippen LogP) is 6.30. The second-order valence-corrected chi connectivity index (χ2v) is 13.5. The predicted molar refractivity (Wildman–Crippen MR) is 200 cm³/mol. The molecule has 0 atom stereocenters. The third kappa shape index (κ3) is 10.4. The number of hydrogen-bond donors (Lipinski definition) is 4. The minimum absolute atomic E-state index is 0.00789. The van der Waals surface area contributed by atoms with E-state index in [0.29, 0.717) is 28.3 Å². The number of aryl methyl sites for hydroxylation is 2. The number of methoxy groups -OCH3 is 2. The molecule has 2 heterocycles. The molecule has 2 aromatic heterocycles. The number of nitrogens with two attached hydrogens (primary N) is 2. The van der Waals surface area contributed by atoms with Gasteiger partial charge >= 0.3 is 11.9 Å². The maximum absolute atomic E-state index is 11.7. The van der Waals surface area contributed by atoms with Gasteiger partial charge in [-0.1, -0.05) is 16.8 Å². The van der Waals surface area contributed by atoms with E-state index in [2.05, 4.69) is 15.1 Å². The first kappa shape index (κ1) is 40.7. The highest BCUT2D eigenvalue weighted by Crippen LogP contribution is 2.28. The number of amidine groups is 2. The van der Waals surface area contributed by atoms with E-state index in [-0.39, 0.29) is 42.0 Å². The monoisotopic (exact) mass is 732 g/mol. The van der Waals surface area contributed by atoms with Crippen molar-refractivity contribution in [2.75, 3.05) is 27.4 Å². The zero-order valence-corrected chi connectivity index (χ0v) is 31.3. The first-order chi connectivity index (χ1) is 24.4. The molecule has 52 heavy (non-hydrogen) atoms.